The van der Waals surface area contributed by atoms with Gasteiger partial charge in [-0.05, 0) is 75.2 Å². The number of likely N-dealkylation sites (N-methyl/N-ethyl adjacent to an activating group) is 3. The van der Waals surface area contributed by atoms with Gasteiger partial charge in [-0.25, -0.2) is 18.2 Å². The number of nitrogens with zero attached hydrogens (tertiary/aromatic N) is 5. The molecule has 21 heteroatoms. The zero-order chi connectivity index (χ0) is 49.0. The molecule has 14 nitrogen and oxygen atoms in total. The van der Waals surface area contributed by atoms with Crippen LogP contribution in [-0.4, -0.2) is 148 Å². The lowest BCUT2D eigenvalue weighted by molar-refractivity contribution is -0.299. The summed E-state index contributed by atoms with van der Waals surface area (Å²) < 4.78 is 91.5. The monoisotopic (exact) mass is 973 g/mol. The Morgan fingerprint density at radius 2 is 1.69 bits per heavy atom. The largest absolute Gasteiger partial charge is 0.474 e. The predicted octanol–water partition coefficient (Wildman–Crippen LogP) is 5.63. The molecule has 4 saturated carbocycles. The number of pyridine rings is 1. The van der Waals surface area contributed by atoms with Crippen LogP contribution in [-0.2, 0) is 35.2 Å². The van der Waals surface area contributed by atoms with Crippen molar-refractivity contribution in [1.82, 2.24) is 35.2 Å². The van der Waals surface area contributed by atoms with Gasteiger partial charge in [0.05, 0.1) is 11.6 Å². The molecule has 6 fully saturated rings. The Bertz CT molecular complexity index is 2080. The highest BCUT2D eigenvalue weighted by molar-refractivity contribution is 6.30. The summed E-state index contributed by atoms with van der Waals surface area (Å²) in [7, 11) is 4.61. The standard InChI is InChI=1S/C46H62ClF6N7O7/c1-25(2)16-32-38(62)58(4)34(18-27-17-29(47)21-54-37(27)67-31-13-14-31)39(63)57(3)15-9-7-6-8-10-28-20-45(28,41(65)55-32)59(5)40(64)35(26-11-12-26)56-36(61)33-19-30(48)22-60(33)42(66)43(46(51,52)53)23-44(49,50)24-43/h17,21,25-26,28,30-35H,6-16,18-20,22-24H2,1-5H3,(H,55,65)(H,56,61)/t28-,30+,32-,33-,34-,35-,45-/m0/s1. The fourth-order valence-corrected chi connectivity index (χ4v) is 10.5. The van der Waals surface area contributed by atoms with E-state index in [1.54, 1.807) is 18.0 Å². The van der Waals surface area contributed by atoms with Gasteiger partial charge in [-0.3, -0.25) is 28.8 Å². The number of hydrogen-bond donors (Lipinski definition) is 2. The molecule has 1 aromatic heterocycles. The highest BCUT2D eigenvalue weighted by atomic mass is 35.5. The zero-order valence-corrected chi connectivity index (χ0v) is 39.4. The van der Waals surface area contributed by atoms with E-state index in [1.165, 1.54) is 30.1 Å². The van der Waals surface area contributed by atoms with E-state index >= 15 is 0 Å². The van der Waals surface area contributed by atoms with Gasteiger partial charge in [-0.2, -0.15) is 13.2 Å². The molecular formula is C46H62ClF6N7O7. The van der Waals surface area contributed by atoms with Crippen LogP contribution in [0, 0.1) is 23.2 Å². The second kappa shape index (κ2) is 19.2. The summed E-state index contributed by atoms with van der Waals surface area (Å²) in [4.78, 5) is 95.0. The summed E-state index contributed by atoms with van der Waals surface area (Å²) in [6.07, 6.45) is -3.85. The van der Waals surface area contributed by atoms with Crippen molar-refractivity contribution in [1.29, 1.82) is 0 Å². The molecule has 0 bridgehead atoms. The number of fused-ring (bicyclic) bond motifs is 1. The third kappa shape index (κ3) is 10.6. The Labute approximate surface area is 391 Å². The molecule has 7 atom stereocenters. The van der Waals surface area contributed by atoms with E-state index in [0.29, 0.717) is 60.0 Å². The number of nitrogens with one attached hydrogen (secondary N) is 2. The Hall–Kier alpha value is -4.36. The first kappa shape index (κ1) is 50.5. The van der Waals surface area contributed by atoms with E-state index in [9.17, 15) is 55.1 Å². The van der Waals surface area contributed by atoms with Crippen LogP contribution in [0.5, 0.6) is 5.88 Å². The van der Waals surface area contributed by atoms with Gasteiger partial charge in [-0.1, -0.05) is 44.7 Å². The molecule has 67 heavy (non-hydrogen) atoms. The highest BCUT2D eigenvalue weighted by Crippen LogP contribution is 2.61. The van der Waals surface area contributed by atoms with Crippen molar-refractivity contribution in [2.24, 2.45) is 23.2 Å². The van der Waals surface area contributed by atoms with Crippen LogP contribution in [0.4, 0.5) is 26.3 Å². The number of amides is 6. The first-order valence-electron chi connectivity index (χ1n) is 23.5. The minimum atomic E-state index is -5.39. The van der Waals surface area contributed by atoms with Crippen LogP contribution in [0.15, 0.2) is 12.3 Å². The first-order chi connectivity index (χ1) is 31.4. The third-order valence-electron chi connectivity index (χ3n) is 14.6. The van der Waals surface area contributed by atoms with E-state index in [4.69, 9.17) is 16.3 Å². The molecular weight excluding hydrogens is 912 g/mol. The summed E-state index contributed by atoms with van der Waals surface area (Å²) in [5, 5.41) is 5.84. The van der Waals surface area contributed by atoms with Crippen molar-refractivity contribution in [3.63, 3.8) is 0 Å². The third-order valence-corrected chi connectivity index (χ3v) is 14.8. The molecule has 2 aliphatic heterocycles. The molecule has 0 aromatic carbocycles. The fraction of sp³-hybridized carbons (Fsp3) is 0.761. The number of ether oxygens (including phenoxy) is 1. The maximum absolute atomic E-state index is 14.9. The van der Waals surface area contributed by atoms with E-state index < -0.39 is 115 Å². The second-order valence-corrected chi connectivity index (χ2v) is 20.8. The Kier molecular flexibility index (Phi) is 14.5. The number of halogens is 7. The SMILES string of the molecule is CC(C)C[C@@H]1NC(=O)[C@]2(N(C)C(=O)[C@@H](NC(=O)[C@@H]3C[C@@H](F)CN3C(=O)C3(C(F)(F)F)CC(F)(F)C3)C3CC3)C[C@@H]2CCCCCCN(C)C(=O)[C@H](Cc2cc(Cl)cnc2OC2CC2)N(C)C1=O. The minimum absolute atomic E-state index is 0.0127. The first-order valence-corrected chi connectivity index (χ1v) is 23.9. The quantitative estimate of drug-likeness (QED) is 0.255. The summed E-state index contributed by atoms with van der Waals surface area (Å²) in [6.45, 7) is 3.24. The van der Waals surface area contributed by atoms with Crippen LogP contribution in [0.25, 0.3) is 0 Å². The van der Waals surface area contributed by atoms with Crippen LogP contribution in [0.1, 0.15) is 109 Å². The van der Waals surface area contributed by atoms with E-state index in [0.717, 1.165) is 25.7 Å². The normalized spacial score (nSPS) is 29.7. The molecule has 372 valence electrons. The second-order valence-electron chi connectivity index (χ2n) is 20.4. The predicted molar refractivity (Wildman–Crippen MR) is 231 cm³/mol. The molecule has 4 aliphatic carbocycles. The lowest BCUT2D eigenvalue weighted by atomic mass is 9.64. The van der Waals surface area contributed by atoms with E-state index in [1.807, 2.05) is 13.8 Å². The molecule has 7 rings (SSSR count). The smallest absolute Gasteiger partial charge is 0.403 e. The summed E-state index contributed by atoms with van der Waals surface area (Å²) in [5.41, 5.74) is -4.43. The Morgan fingerprint density at radius 1 is 1.01 bits per heavy atom. The van der Waals surface area contributed by atoms with Crippen molar-refractivity contribution in [3.05, 3.63) is 22.8 Å². The number of carbonyl (C=O) groups excluding carboxylic acids is 6. The summed E-state index contributed by atoms with van der Waals surface area (Å²) >= 11 is 6.39. The Morgan fingerprint density at radius 3 is 2.30 bits per heavy atom. The average Bonchev–Trinajstić information content (AvgIpc) is 4.16. The van der Waals surface area contributed by atoms with Crippen molar-refractivity contribution < 1.29 is 59.8 Å². The van der Waals surface area contributed by atoms with Gasteiger partial charge in [0.2, 0.25) is 41.3 Å². The molecule has 1 aromatic rings. The fourth-order valence-electron chi connectivity index (χ4n) is 10.3. The van der Waals surface area contributed by atoms with Gasteiger partial charge in [0, 0.05) is 65.1 Å². The van der Waals surface area contributed by atoms with Crippen molar-refractivity contribution in [3.8, 4) is 5.88 Å². The van der Waals surface area contributed by atoms with Crippen LogP contribution in [0.3, 0.4) is 0 Å². The lowest BCUT2D eigenvalue weighted by Crippen LogP contribution is -2.65. The average molecular weight is 974 g/mol. The Balaban J connectivity index is 1.13. The van der Waals surface area contributed by atoms with Gasteiger partial charge in [-0.15, -0.1) is 0 Å². The number of alkyl halides is 6. The summed E-state index contributed by atoms with van der Waals surface area (Å²) in [6, 6.07) is -3.67. The number of rotatable bonds is 12. The van der Waals surface area contributed by atoms with Gasteiger partial charge in [0.25, 0.3) is 5.92 Å². The molecule has 0 spiro atoms. The zero-order valence-electron chi connectivity index (χ0n) is 38.6. The molecule has 6 amide bonds. The van der Waals surface area contributed by atoms with Crippen molar-refractivity contribution in [2.45, 2.75) is 164 Å². The van der Waals surface area contributed by atoms with Crippen LogP contribution >= 0.6 is 11.6 Å². The van der Waals surface area contributed by atoms with Gasteiger partial charge < -0.3 is 35.0 Å². The molecule has 3 heterocycles. The number of carbonyl (C=O) groups is 6. The van der Waals surface area contributed by atoms with Crippen molar-refractivity contribution >= 4 is 47.0 Å². The maximum atomic E-state index is 14.9. The van der Waals surface area contributed by atoms with Crippen LogP contribution < -0.4 is 15.4 Å². The van der Waals surface area contributed by atoms with Gasteiger partial charge in [0.15, 0.2) is 5.41 Å². The molecule has 2 saturated heterocycles. The van der Waals surface area contributed by atoms with Gasteiger partial charge in [0.1, 0.15) is 42.0 Å². The topological polar surface area (TPSA) is 162 Å². The highest BCUT2D eigenvalue weighted by Gasteiger charge is 2.75. The lowest BCUT2D eigenvalue weighted by Gasteiger charge is -2.48. The molecule has 2 N–H and O–H groups in total. The molecule has 0 radical (unpaired) electrons. The van der Waals surface area contributed by atoms with Crippen molar-refractivity contribution in [2.75, 3.05) is 34.2 Å². The van der Waals surface area contributed by atoms with E-state index in [-0.39, 0.29) is 43.1 Å². The maximum Gasteiger partial charge on any atom is 0.403 e. The molecule has 0 unspecified atom stereocenters. The summed E-state index contributed by atoms with van der Waals surface area (Å²) in [5.74, 6) is -9.51. The van der Waals surface area contributed by atoms with Crippen LogP contribution in [0.2, 0.25) is 5.02 Å². The molecule has 6 aliphatic rings. The number of hydrogen-bond acceptors (Lipinski definition) is 8. The number of likely N-dealkylation sites (tertiary alicyclic amines) is 1. The van der Waals surface area contributed by atoms with E-state index in [2.05, 4.69) is 15.6 Å². The number of aromatic nitrogens is 1. The van der Waals surface area contributed by atoms with Gasteiger partial charge >= 0.3 is 6.18 Å². The minimum Gasteiger partial charge on any atom is -0.474 e.